The molecule has 2 fully saturated rings. The van der Waals surface area contributed by atoms with Crippen LogP contribution in [0.5, 0.6) is 0 Å². The zero-order valence-electron chi connectivity index (χ0n) is 9.67. The third-order valence-electron chi connectivity index (χ3n) is 4.09. The Kier molecular flexibility index (Phi) is 4.00. The quantitative estimate of drug-likeness (QED) is 0.716. The average Bonchev–Trinajstić information content (AvgIpc) is 2.59. The maximum atomic E-state index is 9.72. The lowest BCUT2D eigenvalue weighted by Gasteiger charge is -2.45. The van der Waals surface area contributed by atoms with Crippen LogP contribution in [0, 0.1) is 0 Å². The van der Waals surface area contributed by atoms with E-state index < -0.39 is 0 Å². The second kappa shape index (κ2) is 5.28. The summed E-state index contributed by atoms with van der Waals surface area (Å²) in [6.07, 6.45) is 7.57. The van der Waals surface area contributed by atoms with E-state index in [1.54, 1.807) is 0 Å². The number of aliphatic hydroxyl groups excluding tert-OH is 1. The van der Waals surface area contributed by atoms with E-state index in [9.17, 15) is 5.11 Å². The van der Waals surface area contributed by atoms with Crippen molar-refractivity contribution in [3.63, 3.8) is 0 Å². The monoisotopic (exact) mass is 212 g/mol. The minimum absolute atomic E-state index is 0.129. The van der Waals surface area contributed by atoms with Gasteiger partial charge in [-0.25, -0.2) is 0 Å². The highest BCUT2D eigenvalue weighted by Gasteiger charge is 2.37. The molecule has 1 aliphatic heterocycles. The van der Waals surface area contributed by atoms with Crippen molar-refractivity contribution in [2.24, 2.45) is 0 Å². The summed E-state index contributed by atoms with van der Waals surface area (Å²) in [5, 5.41) is 13.2. The SMILES string of the molecule is OCC1(N2CCCNCC2)CCCCC1. The van der Waals surface area contributed by atoms with E-state index in [-0.39, 0.29) is 5.54 Å². The lowest BCUT2D eigenvalue weighted by atomic mass is 9.80. The maximum Gasteiger partial charge on any atom is 0.0615 e. The Balaban J connectivity index is 2.01. The van der Waals surface area contributed by atoms with Gasteiger partial charge in [-0.3, -0.25) is 4.90 Å². The number of aliphatic hydroxyl groups is 1. The van der Waals surface area contributed by atoms with Gasteiger partial charge in [-0.1, -0.05) is 19.3 Å². The van der Waals surface area contributed by atoms with Crippen LogP contribution in [0.1, 0.15) is 38.5 Å². The molecule has 0 amide bonds. The molecule has 1 saturated heterocycles. The molecule has 0 aromatic heterocycles. The first-order valence-electron chi connectivity index (χ1n) is 6.44. The van der Waals surface area contributed by atoms with Gasteiger partial charge in [0.25, 0.3) is 0 Å². The fraction of sp³-hybridized carbons (Fsp3) is 1.00. The first-order valence-corrected chi connectivity index (χ1v) is 6.44. The molecule has 15 heavy (non-hydrogen) atoms. The number of nitrogens with one attached hydrogen (secondary N) is 1. The molecule has 0 aromatic rings. The zero-order valence-corrected chi connectivity index (χ0v) is 9.67. The van der Waals surface area contributed by atoms with Crippen LogP contribution in [0.4, 0.5) is 0 Å². The molecule has 0 radical (unpaired) electrons. The molecule has 1 heterocycles. The number of nitrogens with zero attached hydrogens (tertiary/aromatic N) is 1. The highest BCUT2D eigenvalue weighted by Crippen LogP contribution is 2.33. The minimum atomic E-state index is 0.129. The van der Waals surface area contributed by atoms with E-state index in [1.807, 2.05) is 0 Å². The van der Waals surface area contributed by atoms with Crippen molar-refractivity contribution in [1.82, 2.24) is 10.2 Å². The lowest BCUT2D eigenvalue weighted by molar-refractivity contribution is 0.00474. The number of hydrogen-bond acceptors (Lipinski definition) is 3. The van der Waals surface area contributed by atoms with Crippen molar-refractivity contribution in [2.45, 2.75) is 44.1 Å². The van der Waals surface area contributed by atoms with Crippen molar-refractivity contribution in [2.75, 3.05) is 32.8 Å². The van der Waals surface area contributed by atoms with Gasteiger partial charge in [-0.15, -0.1) is 0 Å². The van der Waals surface area contributed by atoms with Crippen molar-refractivity contribution in [3.8, 4) is 0 Å². The van der Waals surface area contributed by atoms with E-state index in [4.69, 9.17) is 0 Å². The summed E-state index contributed by atoms with van der Waals surface area (Å²) in [4.78, 5) is 2.55. The van der Waals surface area contributed by atoms with Gasteiger partial charge in [0.1, 0.15) is 0 Å². The number of rotatable bonds is 2. The van der Waals surface area contributed by atoms with E-state index in [2.05, 4.69) is 10.2 Å². The zero-order chi connectivity index (χ0) is 10.6. The van der Waals surface area contributed by atoms with Gasteiger partial charge in [0, 0.05) is 25.2 Å². The highest BCUT2D eigenvalue weighted by atomic mass is 16.3. The summed E-state index contributed by atoms with van der Waals surface area (Å²) in [7, 11) is 0. The Hall–Kier alpha value is -0.120. The van der Waals surface area contributed by atoms with Gasteiger partial charge in [-0.2, -0.15) is 0 Å². The van der Waals surface area contributed by atoms with Crippen LogP contribution in [0.15, 0.2) is 0 Å². The van der Waals surface area contributed by atoms with Crippen molar-refractivity contribution in [1.29, 1.82) is 0 Å². The predicted octanol–water partition coefficient (Wildman–Crippen LogP) is 0.977. The van der Waals surface area contributed by atoms with Crippen LogP contribution in [-0.2, 0) is 0 Å². The Morgan fingerprint density at radius 1 is 1.00 bits per heavy atom. The van der Waals surface area contributed by atoms with Crippen LogP contribution < -0.4 is 5.32 Å². The molecular formula is C12H24N2O. The van der Waals surface area contributed by atoms with Crippen LogP contribution in [0.3, 0.4) is 0 Å². The molecule has 2 rings (SSSR count). The summed E-state index contributed by atoms with van der Waals surface area (Å²) in [5.41, 5.74) is 0.129. The fourth-order valence-electron chi connectivity index (χ4n) is 3.10. The molecule has 0 aromatic carbocycles. The average molecular weight is 212 g/mol. The van der Waals surface area contributed by atoms with Crippen LogP contribution in [-0.4, -0.2) is 48.3 Å². The lowest BCUT2D eigenvalue weighted by Crippen LogP contribution is -2.53. The summed E-state index contributed by atoms with van der Waals surface area (Å²) in [6, 6.07) is 0. The van der Waals surface area contributed by atoms with Crippen LogP contribution >= 0.6 is 0 Å². The first kappa shape index (κ1) is 11.4. The standard InChI is InChI=1S/C12H24N2O/c15-11-12(5-2-1-3-6-12)14-9-4-7-13-8-10-14/h13,15H,1-11H2. The maximum absolute atomic E-state index is 9.72. The molecule has 3 heteroatoms. The van der Waals surface area contributed by atoms with Gasteiger partial charge < -0.3 is 10.4 Å². The fourth-order valence-corrected chi connectivity index (χ4v) is 3.10. The Labute approximate surface area is 92.8 Å². The topological polar surface area (TPSA) is 35.5 Å². The molecule has 2 N–H and O–H groups in total. The molecule has 0 spiro atoms. The van der Waals surface area contributed by atoms with Gasteiger partial charge in [0.05, 0.1) is 6.61 Å². The molecule has 88 valence electrons. The first-order chi connectivity index (χ1) is 7.37. The van der Waals surface area contributed by atoms with Gasteiger partial charge in [0.2, 0.25) is 0 Å². The Bertz CT molecular complexity index is 182. The Morgan fingerprint density at radius 3 is 2.53 bits per heavy atom. The summed E-state index contributed by atoms with van der Waals surface area (Å²) < 4.78 is 0. The highest BCUT2D eigenvalue weighted by molar-refractivity contribution is 4.93. The molecule has 2 aliphatic rings. The second-order valence-corrected chi connectivity index (χ2v) is 5.03. The molecule has 1 saturated carbocycles. The number of hydrogen-bond donors (Lipinski definition) is 2. The molecule has 0 atom stereocenters. The third kappa shape index (κ3) is 2.52. The summed E-state index contributed by atoms with van der Waals surface area (Å²) >= 11 is 0. The molecule has 3 nitrogen and oxygen atoms in total. The van der Waals surface area contributed by atoms with Gasteiger partial charge in [0.15, 0.2) is 0 Å². The normalized spacial score (nSPS) is 28.6. The molecule has 1 aliphatic carbocycles. The van der Waals surface area contributed by atoms with Crippen LogP contribution in [0.2, 0.25) is 0 Å². The Morgan fingerprint density at radius 2 is 1.80 bits per heavy atom. The molecule has 0 bridgehead atoms. The van der Waals surface area contributed by atoms with E-state index in [1.165, 1.54) is 38.5 Å². The molecular weight excluding hydrogens is 188 g/mol. The summed E-state index contributed by atoms with van der Waals surface area (Å²) in [5.74, 6) is 0. The second-order valence-electron chi connectivity index (χ2n) is 5.03. The van der Waals surface area contributed by atoms with Gasteiger partial charge >= 0.3 is 0 Å². The van der Waals surface area contributed by atoms with Crippen molar-refractivity contribution >= 4 is 0 Å². The largest absolute Gasteiger partial charge is 0.394 e. The van der Waals surface area contributed by atoms with Crippen LogP contribution in [0.25, 0.3) is 0 Å². The van der Waals surface area contributed by atoms with Crippen molar-refractivity contribution < 1.29 is 5.11 Å². The minimum Gasteiger partial charge on any atom is -0.394 e. The van der Waals surface area contributed by atoms with Gasteiger partial charge in [-0.05, 0) is 25.8 Å². The third-order valence-corrected chi connectivity index (χ3v) is 4.09. The smallest absolute Gasteiger partial charge is 0.0615 e. The van der Waals surface area contributed by atoms with E-state index >= 15 is 0 Å². The van der Waals surface area contributed by atoms with E-state index in [0.717, 1.165) is 26.2 Å². The predicted molar refractivity (Wildman–Crippen MR) is 62.0 cm³/mol. The van der Waals surface area contributed by atoms with Crippen molar-refractivity contribution in [3.05, 3.63) is 0 Å². The molecule has 0 unspecified atom stereocenters. The van der Waals surface area contributed by atoms with E-state index in [0.29, 0.717) is 6.61 Å². The summed E-state index contributed by atoms with van der Waals surface area (Å²) in [6.45, 7) is 4.85.